The predicted molar refractivity (Wildman–Crippen MR) is 36.7 cm³/mol. The minimum Gasteiger partial charge on any atom is -0.371 e. The van der Waals surface area contributed by atoms with E-state index in [4.69, 9.17) is 4.74 Å². The van der Waals surface area contributed by atoms with Gasteiger partial charge in [0.2, 0.25) is 0 Å². The Hall–Kier alpha value is -0.830. The van der Waals surface area contributed by atoms with E-state index in [1.165, 1.54) is 0 Å². The Morgan fingerprint density at radius 3 is 3.20 bits per heavy atom. The zero-order chi connectivity index (χ0) is 6.97. The topological polar surface area (TPSA) is 30.4 Å². The van der Waals surface area contributed by atoms with Gasteiger partial charge in [0.15, 0.2) is 0 Å². The number of ether oxygens (including phenoxy) is 1. The van der Waals surface area contributed by atoms with E-state index in [-0.39, 0.29) is 0 Å². The normalized spacial score (nSPS) is 23.1. The monoisotopic (exact) mass is 138 g/mol. The first-order valence-corrected chi connectivity index (χ1v) is 3.45. The fraction of sp³-hybridized carbons (Fsp3) is 0.571. The van der Waals surface area contributed by atoms with E-state index in [0.717, 1.165) is 19.0 Å². The summed E-state index contributed by atoms with van der Waals surface area (Å²) in [4.78, 5) is 4.10. The Kier molecular flexibility index (Phi) is 1.24. The van der Waals surface area contributed by atoms with Crippen molar-refractivity contribution in [1.29, 1.82) is 0 Å². The van der Waals surface area contributed by atoms with Gasteiger partial charge in [0.05, 0.1) is 19.3 Å². The summed E-state index contributed by atoms with van der Waals surface area (Å²) in [7, 11) is 0. The third-order valence-corrected chi connectivity index (χ3v) is 1.73. The van der Waals surface area contributed by atoms with Gasteiger partial charge in [0.25, 0.3) is 0 Å². The van der Waals surface area contributed by atoms with Gasteiger partial charge in [-0.2, -0.15) is 0 Å². The summed E-state index contributed by atoms with van der Waals surface area (Å²) in [5.41, 5.74) is 0. The smallest absolute Gasteiger partial charge is 0.105 e. The number of epoxide rings is 1. The lowest BCUT2D eigenvalue weighted by atomic mass is 10.4. The molecule has 0 aromatic carbocycles. The van der Waals surface area contributed by atoms with Gasteiger partial charge < -0.3 is 9.30 Å². The Balaban J connectivity index is 2.08. The highest BCUT2D eigenvalue weighted by atomic mass is 16.6. The molecule has 0 radical (unpaired) electrons. The highest BCUT2D eigenvalue weighted by Gasteiger charge is 2.22. The molecular formula is C7H10N2O. The van der Waals surface area contributed by atoms with E-state index in [2.05, 4.69) is 9.55 Å². The maximum atomic E-state index is 5.09. The van der Waals surface area contributed by atoms with E-state index < -0.39 is 0 Å². The highest BCUT2D eigenvalue weighted by Crippen LogP contribution is 2.12. The average molecular weight is 138 g/mol. The lowest BCUT2D eigenvalue weighted by Crippen LogP contribution is -2.04. The van der Waals surface area contributed by atoms with Crippen molar-refractivity contribution in [3.05, 3.63) is 18.2 Å². The summed E-state index contributed by atoms with van der Waals surface area (Å²) in [6.07, 6.45) is 4.25. The molecule has 0 bridgehead atoms. The minimum atomic E-state index is 0.452. The maximum Gasteiger partial charge on any atom is 0.105 e. The van der Waals surface area contributed by atoms with E-state index in [9.17, 15) is 0 Å². The fourth-order valence-electron chi connectivity index (χ4n) is 0.990. The van der Waals surface area contributed by atoms with Gasteiger partial charge in [-0.15, -0.1) is 0 Å². The van der Waals surface area contributed by atoms with Crippen LogP contribution in [0.2, 0.25) is 0 Å². The number of imidazole rings is 1. The number of rotatable bonds is 2. The van der Waals surface area contributed by atoms with Crippen molar-refractivity contribution in [3.8, 4) is 0 Å². The third kappa shape index (κ3) is 1.04. The van der Waals surface area contributed by atoms with Crippen LogP contribution < -0.4 is 0 Å². The predicted octanol–water partition coefficient (Wildman–Crippen LogP) is 0.590. The molecular weight excluding hydrogens is 128 g/mol. The Morgan fingerprint density at radius 2 is 2.70 bits per heavy atom. The lowest BCUT2D eigenvalue weighted by molar-refractivity contribution is 0.381. The van der Waals surface area contributed by atoms with Crippen molar-refractivity contribution in [2.24, 2.45) is 0 Å². The minimum absolute atomic E-state index is 0.452. The van der Waals surface area contributed by atoms with Crippen molar-refractivity contribution in [3.63, 3.8) is 0 Å². The number of aromatic nitrogens is 2. The summed E-state index contributed by atoms with van der Waals surface area (Å²) in [6, 6.07) is 0. The molecule has 2 heterocycles. The van der Waals surface area contributed by atoms with Crippen LogP contribution in [0.3, 0.4) is 0 Å². The molecule has 1 aliphatic rings. The molecule has 1 unspecified atom stereocenters. The molecule has 1 aromatic rings. The average Bonchev–Trinajstić information content (AvgIpc) is 2.62. The summed E-state index contributed by atoms with van der Waals surface area (Å²) in [5, 5.41) is 0. The summed E-state index contributed by atoms with van der Waals surface area (Å²) < 4.78 is 7.20. The molecule has 1 fully saturated rings. The highest BCUT2D eigenvalue weighted by molar-refractivity contribution is 4.90. The van der Waals surface area contributed by atoms with Gasteiger partial charge in [0, 0.05) is 12.4 Å². The summed E-state index contributed by atoms with van der Waals surface area (Å²) in [6.45, 7) is 3.88. The van der Waals surface area contributed by atoms with Crippen LogP contribution in [0.15, 0.2) is 12.4 Å². The van der Waals surface area contributed by atoms with Gasteiger partial charge in [0.1, 0.15) is 5.82 Å². The SMILES string of the molecule is Cc1nccn1CC1CO1. The van der Waals surface area contributed by atoms with E-state index in [0.29, 0.717) is 6.10 Å². The van der Waals surface area contributed by atoms with Crippen LogP contribution in [-0.4, -0.2) is 22.3 Å². The molecule has 1 aromatic heterocycles. The first kappa shape index (κ1) is 5.92. The van der Waals surface area contributed by atoms with Crippen molar-refractivity contribution in [2.45, 2.75) is 19.6 Å². The van der Waals surface area contributed by atoms with Crippen LogP contribution in [0.1, 0.15) is 5.82 Å². The van der Waals surface area contributed by atoms with Crippen molar-refractivity contribution < 1.29 is 4.74 Å². The summed E-state index contributed by atoms with van der Waals surface area (Å²) >= 11 is 0. The largest absolute Gasteiger partial charge is 0.371 e. The van der Waals surface area contributed by atoms with Crippen molar-refractivity contribution in [1.82, 2.24) is 9.55 Å². The van der Waals surface area contributed by atoms with Gasteiger partial charge in [-0.05, 0) is 6.92 Å². The molecule has 3 heteroatoms. The van der Waals surface area contributed by atoms with E-state index >= 15 is 0 Å². The Morgan fingerprint density at radius 1 is 1.90 bits per heavy atom. The van der Waals surface area contributed by atoms with Crippen molar-refractivity contribution in [2.75, 3.05) is 6.61 Å². The first-order chi connectivity index (χ1) is 4.86. The molecule has 0 amide bonds. The third-order valence-electron chi connectivity index (χ3n) is 1.73. The molecule has 0 N–H and O–H groups in total. The first-order valence-electron chi connectivity index (χ1n) is 3.45. The second-order valence-electron chi connectivity index (χ2n) is 2.58. The number of hydrogen-bond donors (Lipinski definition) is 0. The molecule has 0 saturated carbocycles. The molecule has 1 atom stereocenters. The van der Waals surface area contributed by atoms with Crippen LogP contribution in [0.4, 0.5) is 0 Å². The quantitative estimate of drug-likeness (QED) is 0.560. The molecule has 0 aliphatic carbocycles. The van der Waals surface area contributed by atoms with Gasteiger partial charge in [-0.3, -0.25) is 0 Å². The van der Waals surface area contributed by atoms with E-state index in [1.54, 1.807) is 0 Å². The standard InChI is InChI=1S/C7H10N2O/c1-6-8-2-3-9(6)4-7-5-10-7/h2-3,7H,4-5H2,1H3. The van der Waals surface area contributed by atoms with Crippen LogP contribution >= 0.6 is 0 Å². The fourth-order valence-corrected chi connectivity index (χ4v) is 0.990. The molecule has 3 nitrogen and oxygen atoms in total. The number of aryl methyl sites for hydroxylation is 1. The van der Waals surface area contributed by atoms with Gasteiger partial charge >= 0.3 is 0 Å². The second kappa shape index (κ2) is 2.09. The van der Waals surface area contributed by atoms with Gasteiger partial charge in [-0.1, -0.05) is 0 Å². The molecule has 10 heavy (non-hydrogen) atoms. The van der Waals surface area contributed by atoms with Crippen LogP contribution in [0.25, 0.3) is 0 Å². The maximum absolute atomic E-state index is 5.09. The number of nitrogens with zero attached hydrogens (tertiary/aromatic N) is 2. The van der Waals surface area contributed by atoms with Crippen LogP contribution in [0.5, 0.6) is 0 Å². The van der Waals surface area contributed by atoms with Crippen molar-refractivity contribution >= 4 is 0 Å². The zero-order valence-corrected chi connectivity index (χ0v) is 5.95. The molecule has 2 rings (SSSR count). The molecule has 0 spiro atoms. The Labute approximate surface area is 59.6 Å². The molecule has 1 saturated heterocycles. The second-order valence-corrected chi connectivity index (χ2v) is 2.58. The molecule has 54 valence electrons. The van der Waals surface area contributed by atoms with Crippen LogP contribution in [0, 0.1) is 6.92 Å². The van der Waals surface area contributed by atoms with Gasteiger partial charge in [-0.25, -0.2) is 4.98 Å². The lowest BCUT2D eigenvalue weighted by Gasteiger charge is -1.99. The summed E-state index contributed by atoms with van der Waals surface area (Å²) in [5.74, 6) is 1.07. The van der Waals surface area contributed by atoms with Crippen LogP contribution in [-0.2, 0) is 11.3 Å². The molecule has 1 aliphatic heterocycles. The van der Waals surface area contributed by atoms with E-state index in [1.807, 2.05) is 19.3 Å². The Bertz CT molecular complexity index is 227. The zero-order valence-electron chi connectivity index (χ0n) is 5.95. The number of hydrogen-bond acceptors (Lipinski definition) is 2.